The molecular weight excluding hydrogens is 320 g/mol. The fourth-order valence-electron chi connectivity index (χ4n) is 3.08. The number of rotatable bonds is 1. The number of hydrogen-bond acceptors (Lipinski definition) is 4. The second kappa shape index (κ2) is 5.56. The number of ether oxygens (including phenoxy) is 1. The Bertz CT molecular complexity index is 571. The Morgan fingerprint density at radius 1 is 1.50 bits per heavy atom. The van der Waals surface area contributed by atoms with Crippen LogP contribution in [0.25, 0.3) is 6.08 Å². The minimum atomic E-state index is -0.234. The van der Waals surface area contributed by atoms with E-state index < -0.39 is 0 Å². The highest BCUT2D eigenvalue weighted by molar-refractivity contribution is 9.10. The van der Waals surface area contributed by atoms with Crippen LogP contribution >= 0.6 is 15.9 Å². The van der Waals surface area contributed by atoms with Crippen LogP contribution in [0.15, 0.2) is 22.3 Å². The Hall–Kier alpha value is -1.36. The lowest BCUT2D eigenvalue weighted by molar-refractivity contribution is -0.136. The third-order valence-electron chi connectivity index (χ3n) is 4.04. The molecule has 3 heterocycles. The minimum absolute atomic E-state index is 0.234. The van der Waals surface area contributed by atoms with Gasteiger partial charge >= 0.3 is 5.97 Å². The van der Waals surface area contributed by atoms with Gasteiger partial charge < -0.3 is 9.64 Å². The van der Waals surface area contributed by atoms with Gasteiger partial charge in [-0.2, -0.15) is 0 Å². The van der Waals surface area contributed by atoms with Crippen molar-refractivity contribution < 1.29 is 9.53 Å². The molecule has 0 bridgehead atoms. The molecule has 1 fully saturated rings. The van der Waals surface area contributed by atoms with Gasteiger partial charge in [0.1, 0.15) is 5.82 Å². The molecule has 1 atom stereocenters. The molecule has 20 heavy (non-hydrogen) atoms. The number of carbonyl (C=O) groups is 1. The lowest BCUT2D eigenvalue weighted by Gasteiger charge is -2.29. The van der Waals surface area contributed by atoms with Crippen molar-refractivity contribution in [3.05, 3.63) is 27.9 Å². The van der Waals surface area contributed by atoms with Gasteiger partial charge in [0.05, 0.1) is 7.11 Å². The Balaban J connectivity index is 2.09. The molecule has 0 aromatic carbocycles. The van der Waals surface area contributed by atoms with Crippen molar-refractivity contribution in [1.29, 1.82) is 0 Å². The first kappa shape index (κ1) is 13.6. The Morgan fingerprint density at radius 3 is 3.15 bits per heavy atom. The van der Waals surface area contributed by atoms with Gasteiger partial charge in [0.25, 0.3) is 0 Å². The highest BCUT2D eigenvalue weighted by Crippen LogP contribution is 2.35. The Labute approximate surface area is 127 Å². The lowest BCUT2D eigenvalue weighted by atomic mass is 9.99. The first-order chi connectivity index (χ1) is 9.69. The average Bonchev–Trinajstić information content (AvgIpc) is 2.88. The predicted molar refractivity (Wildman–Crippen MR) is 81.5 cm³/mol. The van der Waals surface area contributed by atoms with E-state index in [1.165, 1.54) is 20.0 Å². The van der Waals surface area contributed by atoms with Crippen molar-refractivity contribution in [3.8, 4) is 0 Å². The first-order valence-electron chi connectivity index (χ1n) is 6.90. The SMILES string of the molecule is COC(=O)/C1=C/c2cc(Br)cnc2N2CCC[C@H]2CC1. The standard InChI is InChI=1S/C15H17BrN2O2/c1-20-15(19)10-4-5-13-3-2-6-18(13)14-11(7-10)8-12(16)9-17-14/h7-9,13H,2-6H2,1H3/b10-7+/t13-/m0/s1. The number of anilines is 1. The summed E-state index contributed by atoms with van der Waals surface area (Å²) in [7, 11) is 1.43. The molecule has 0 radical (unpaired) electrons. The number of esters is 1. The predicted octanol–water partition coefficient (Wildman–Crippen LogP) is 3.16. The molecule has 2 aliphatic rings. The van der Waals surface area contributed by atoms with Crippen molar-refractivity contribution in [2.24, 2.45) is 0 Å². The molecule has 106 valence electrons. The highest BCUT2D eigenvalue weighted by Gasteiger charge is 2.29. The van der Waals surface area contributed by atoms with Gasteiger partial charge in [-0.15, -0.1) is 0 Å². The number of fused-ring (bicyclic) bond motifs is 3. The largest absolute Gasteiger partial charge is 0.466 e. The average molecular weight is 337 g/mol. The van der Waals surface area contributed by atoms with Gasteiger partial charge in [-0.25, -0.2) is 9.78 Å². The van der Waals surface area contributed by atoms with Crippen LogP contribution < -0.4 is 4.90 Å². The molecule has 3 rings (SSSR count). The maximum atomic E-state index is 11.9. The van der Waals surface area contributed by atoms with E-state index in [1.54, 1.807) is 0 Å². The molecule has 1 aromatic rings. The fraction of sp³-hybridized carbons (Fsp3) is 0.467. The fourth-order valence-corrected chi connectivity index (χ4v) is 3.43. The minimum Gasteiger partial charge on any atom is -0.466 e. The summed E-state index contributed by atoms with van der Waals surface area (Å²) >= 11 is 3.46. The number of nitrogens with zero attached hydrogens (tertiary/aromatic N) is 2. The van der Waals surface area contributed by atoms with Crippen molar-refractivity contribution in [2.45, 2.75) is 31.7 Å². The molecule has 1 aromatic heterocycles. The number of halogens is 1. The molecular formula is C15H17BrN2O2. The zero-order chi connectivity index (χ0) is 14.1. The summed E-state index contributed by atoms with van der Waals surface area (Å²) in [4.78, 5) is 18.8. The zero-order valence-electron chi connectivity index (χ0n) is 11.4. The molecule has 1 saturated heterocycles. The van der Waals surface area contributed by atoms with Gasteiger partial charge in [0.2, 0.25) is 0 Å². The van der Waals surface area contributed by atoms with E-state index in [2.05, 4.69) is 25.8 Å². The number of hydrogen-bond donors (Lipinski definition) is 0. The Morgan fingerprint density at radius 2 is 2.35 bits per heavy atom. The van der Waals surface area contributed by atoms with Gasteiger partial charge in [-0.1, -0.05) is 0 Å². The first-order valence-corrected chi connectivity index (χ1v) is 7.69. The topological polar surface area (TPSA) is 42.4 Å². The van der Waals surface area contributed by atoms with Crippen LogP contribution in [0.5, 0.6) is 0 Å². The monoisotopic (exact) mass is 336 g/mol. The van der Waals surface area contributed by atoms with E-state index in [9.17, 15) is 4.79 Å². The summed E-state index contributed by atoms with van der Waals surface area (Å²) in [6.45, 7) is 1.05. The summed E-state index contributed by atoms with van der Waals surface area (Å²) in [5.74, 6) is 0.749. The van der Waals surface area contributed by atoms with Crippen molar-refractivity contribution in [1.82, 2.24) is 4.98 Å². The van der Waals surface area contributed by atoms with E-state index in [4.69, 9.17) is 4.74 Å². The molecule has 2 aliphatic heterocycles. The van der Waals surface area contributed by atoms with Crippen molar-refractivity contribution in [2.75, 3.05) is 18.6 Å². The Kier molecular flexibility index (Phi) is 3.78. The second-order valence-corrected chi connectivity index (χ2v) is 6.17. The summed E-state index contributed by atoms with van der Waals surface area (Å²) < 4.78 is 5.81. The molecule has 0 aliphatic carbocycles. The van der Waals surface area contributed by atoms with Crippen LogP contribution in [-0.4, -0.2) is 30.6 Å². The normalized spacial score (nSPS) is 24.0. The van der Waals surface area contributed by atoms with E-state index in [0.29, 0.717) is 6.04 Å². The van der Waals surface area contributed by atoms with Crippen LogP contribution in [0, 0.1) is 0 Å². The second-order valence-electron chi connectivity index (χ2n) is 5.26. The highest BCUT2D eigenvalue weighted by atomic mass is 79.9. The molecule has 0 N–H and O–H groups in total. The van der Waals surface area contributed by atoms with Crippen LogP contribution in [0.4, 0.5) is 5.82 Å². The molecule has 0 amide bonds. The van der Waals surface area contributed by atoms with E-state index in [-0.39, 0.29) is 5.97 Å². The number of aromatic nitrogens is 1. The number of carbonyl (C=O) groups excluding carboxylic acids is 1. The van der Waals surface area contributed by atoms with Crippen LogP contribution in [0.2, 0.25) is 0 Å². The molecule has 0 saturated carbocycles. The van der Waals surface area contributed by atoms with E-state index in [0.717, 1.165) is 40.8 Å². The van der Waals surface area contributed by atoms with Crippen LogP contribution in [-0.2, 0) is 9.53 Å². The third kappa shape index (κ3) is 2.46. The molecule has 0 spiro atoms. The smallest absolute Gasteiger partial charge is 0.333 e. The van der Waals surface area contributed by atoms with Gasteiger partial charge in [-0.3, -0.25) is 0 Å². The zero-order valence-corrected chi connectivity index (χ0v) is 13.0. The quantitative estimate of drug-likeness (QED) is 0.739. The molecule has 5 heteroatoms. The van der Waals surface area contributed by atoms with Gasteiger partial charge in [0.15, 0.2) is 0 Å². The molecule has 0 unspecified atom stereocenters. The summed E-state index contributed by atoms with van der Waals surface area (Å²) in [5, 5.41) is 0. The van der Waals surface area contributed by atoms with Gasteiger partial charge in [-0.05, 0) is 53.8 Å². The lowest BCUT2D eigenvalue weighted by Crippen LogP contribution is -2.31. The van der Waals surface area contributed by atoms with Crippen LogP contribution in [0.3, 0.4) is 0 Å². The van der Waals surface area contributed by atoms with Crippen LogP contribution in [0.1, 0.15) is 31.2 Å². The maximum absolute atomic E-state index is 11.9. The van der Waals surface area contributed by atoms with E-state index >= 15 is 0 Å². The van der Waals surface area contributed by atoms with E-state index in [1.807, 2.05) is 18.3 Å². The van der Waals surface area contributed by atoms with Crippen molar-refractivity contribution >= 4 is 33.8 Å². The summed E-state index contributed by atoms with van der Waals surface area (Å²) in [5.41, 5.74) is 1.73. The molecule has 4 nitrogen and oxygen atoms in total. The number of pyridine rings is 1. The maximum Gasteiger partial charge on any atom is 0.333 e. The van der Waals surface area contributed by atoms with Crippen molar-refractivity contribution in [3.63, 3.8) is 0 Å². The third-order valence-corrected chi connectivity index (χ3v) is 4.47. The summed E-state index contributed by atoms with van der Waals surface area (Å²) in [6, 6.07) is 2.50. The summed E-state index contributed by atoms with van der Waals surface area (Å²) in [6.07, 6.45) is 7.86. The number of methoxy groups -OCH3 is 1. The van der Waals surface area contributed by atoms with Gasteiger partial charge in [0, 0.05) is 34.4 Å².